The molecule has 0 radical (unpaired) electrons. The number of nitrogens with zero attached hydrogens (tertiary/aromatic N) is 5. The largest absolute Gasteiger partial charge is 0.444 e. The quantitative estimate of drug-likeness (QED) is 0.736. The summed E-state index contributed by atoms with van der Waals surface area (Å²) in [4.78, 5) is 27.3. The van der Waals surface area contributed by atoms with Gasteiger partial charge in [-0.3, -0.25) is 0 Å². The molecule has 2 unspecified atom stereocenters. The second-order valence-electron chi connectivity index (χ2n) is 8.47. The lowest BCUT2D eigenvalue weighted by atomic mass is 10.2. The lowest BCUT2D eigenvalue weighted by Gasteiger charge is -2.36. The van der Waals surface area contributed by atoms with Crippen LogP contribution in [0.5, 0.6) is 0 Å². The van der Waals surface area contributed by atoms with Crippen molar-refractivity contribution in [2.45, 2.75) is 32.8 Å². The fourth-order valence-corrected chi connectivity index (χ4v) is 3.92. The van der Waals surface area contributed by atoms with Crippen LogP contribution in [0.15, 0.2) is 6.07 Å². The molecule has 0 bridgehead atoms. The smallest absolute Gasteiger partial charge is 0.410 e. The zero-order valence-electron chi connectivity index (χ0n) is 15.6. The molecule has 0 aromatic carbocycles. The summed E-state index contributed by atoms with van der Waals surface area (Å²) in [6, 6.07) is 2.03. The number of fused-ring (bicyclic) bond motifs is 1. The van der Waals surface area contributed by atoms with Gasteiger partial charge in [-0.2, -0.15) is 0 Å². The number of carbonyl (C=O) groups excluding carboxylic acids is 1. The van der Waals surface area contributed by atoms with Crippen LogP contribution in [-0.4, -0.2) is 65.8 Å². The van der Waals surface area contributed by atoms with Gasteiger partial charge in [-0.1, -0.05) is 0 Å². The second kappa shape index (κ2) is 6.44. The van der Waals surface area contributed by atoms with Crippen LogP contribution < -0.4 is 9.80 Å². The Hall–Kier alpha value is -1.76. The van der Waals surface area contributed by atoms with E-state index in [1.807, 2.05) is 26.8 Å². The molecule has 0 N–H and O–H groups in total. The summed E-state index contributed by atoms with van der Waals surface area (Å²) < 4.78 is 5.45. The van der Waals surface area contributed by atoms with Crippen LogP contribution in [-0.2, 0) is 4.74 Å². The lowest BCUT2D eigenvalue weighted by molar-refractivity contribution is 0.0240. The third-order valence-corrected chi connectivity index (χ3v) is 5.40. The van der Waals surface area contributed by atoms with Crippen LogP contribution in [0.2, 0.25) is 5.28 Å². The number of rotatable bonds is 2. The first-order valence-corrected chi connectivity index (χ1v) is 9.69. The van der Waals surface area contributed by atoms with E-state index < -0.39 is 5.60 Å². The molecule has 3 fully saturated rings. The van der Waals surface area contributed by atoms with Crippen molar-refractivity contribution in [3.8, 4) is 0 Å². The van der Waals surface area contributed by atoms with E-state index in [-0.39, 0.29) is 11.4 Å². The molecular formula is C18H26ClN5O2. The third-order valence-electron chi connectivity index (χ3n) is 5.23. The van der Waals surface area contributed by atoms with Crippen LogP contribution in [0, 0.1) is 11.8 Å². The number of amides is 1. The molecule has 3 aliphatic rings. The predicted octanol–water partition coefficient (Wildman–Crippen LogP) is 2.64. The number of aromatic nitrogens is 2. The van der Waals surface area contributed by atoms with Crippen molar-refractivity contribution in [3.63, 3.8) is 0 Å². The highest BCUT2D eigenvalue weighted by Gasteiger charge is 2.45. The summed E-state index contributed by atoms with van der Waals surface area (Å²) in [6.07, 6.45) is 1.10. The molecule has 7 nitrogen and oxygen atoms in total. The zero-order valence-corrected chi connectivity index (χ0v) is 16.4. The summed E-state index contributed by atoms with van der Waals surface area (Å²) in [7, 11) is 0. The van der Waals surface area contributed by atoms with E-state index in [1.54, 1.807) is 4.90 Å². The van der Waals surface area contributed by atoms with Crippen LogP contribution in [0.1, 0.15) is 27.2 Å². The van der Waals surface area contributed by atoms with E-state index in [0.29, 0.717) is 26.2 Å². The highest BCUT2D eigenvalue weighted by atomic mass is 35.5. The predicted molar refractivity (Wildman–Crippen MR) is 101 cm³/mol. The Morgan fingerprint density at radius 2 is 1.65 bits per heavy atom. The van der Waals surface area contributed by atoms with Gasteiger partial charge in [0.1, 0.15) is 17.2 Å². The monoisotopic (exact) mass is 379 g/mol. The molecule has 1 aromatic heterocycles. The first-order valence-electron chi connectivity index (χ1n) is 9.31. The van der Waals surface area contributed by atoms with Crippen molar-refractivity contribution in [1.82, 2.24) is 14.9 Å². The zero-order chi connectivity index (χ0) is 18.5. The minimum Gasteiger partial charge on any atom is -0.444 e. The fourth-order valence-electron chi connectivity index (χ4n) is 3.75. The number of ether oxygens (including phenoxy) is 1. The first-order chi connectivity index (χ1) is 12.3. The van der Waals surface area contributed by atoms with E-state index in [2.05, 4.69) is 19.8 Å². The van der Waals surface area contributed by atoms with E-state index in [4.69, 9.17) is 16.3 Å². The van der Waals surface area contributed by atoms with E-state index in [0.717, 1.165) is 36.6 Å². The standard InChI is InChI=1S/C18H26ClN5O2/c1-18(2,3)26-17(25)23-6-4-22(5-7-23)14-9-15(21-16(19)20-14)24-10-12-8-13(12)11-24/h9,12-13H,4-8,10-11H2,1-3H3. The Kier molecular flexibility index (Phi) is 4.37. The molecule has 142 valence electrons. The summed E-state index contributed by atoms with van der Waals surface area (Å²) in [6.45, 7) is 10.4. The summed E-state index contributed by atoms with van der Waals surface area (Å²) in [5, 5.41) is 0.285. The highest BCUT2D eigenvalue weighted by molar-refractivity contribution is 6.28. The minimum absolute atomic E-state index is 0.255. The summed E-state index contributed by atoms with van der Waals surface area (Å²) in [5.41, 5.74) is -0.472. The van der Waals surface area contributed by atoms with Crippen molar-refractivity contribution >= 4 is 29.3 Å². The van der Waals surface area contributed by atoms with Gasteiger partial charge < -0.3 is 19.4 Å². The Bertz CT molecular complexity index is 689. The van der Waals surface area contributed by atoms with Crippen molar-refractivity contribution < 1.29 is 9.53 Å². The van der Waals surface area contributed by atoms with Crippen molar-refractivity contribution in [1.29, 1.82) is 0 Å². The Labute approximate surface area is 159 Å². The maximum atomic E-state index is 12.2. The number of halogens is 1. The lowest BCUT2D eigenvalue weighted by Crippen LogP contribution is -2.50. The molecular weight excluding hydrogens is 354 g/mol. The maximum Gasteiger partial charge on any atom is 0.410 e. The SMILES string of the molecule is CC(C)(C)OC(=O)N1CCN(c2cc(N3CC4CC4C3)nc(Cl)n2)CC1. The van der Waals surface area contributed by atoms with Crippen LogP contribution in [0.25, 0.3) is 0 Å². The van der Waals surface area contributed by atoms with Crippen molar-refractivity contribution in [2.24, 2.45) is 11.8 Å². The van der Waals surface area contributed by atoms with Gasteiger partial charge in [0.15, 0.2) is 0 Å². The van der Waals surface area contributed by atoms with E-state index >= 15 is 0 Å². The molecule has 26 heavy (non-hydrogen) atoms. The van der Waals surface area contributed by atoms with Crippen LogP contribution in [0.4, 0.5) is 16.4 Å². The fraction of sp³-hybridized carbons (Fsp3) is 0.722. The molecule has 1 aliphatic carbocycles. The number of hydrogen-bond donors (Lipinski definition) is 0. The average molecular weight is 380 g/mol. The molecule has 0 spiro atoms. The number of carbonyl (C=O) groups is 1. The Balaban J connectivity index is 1.39. The van der Waals surface area contributed by atoms with Gasteiger partial charge >= 0.3 is 6.09 Å². The second-order valence-corrected chi connectivity index (χ2v) is 8.81. The number of piperazine rings is 1. The number of anilines is 2. The molecule has 2 aliphatic heterocycles. The molecule has 2 saturated heterocycles. The average Bonchev–Trinajstić information content (AvgIpc) is 3.18. The Morgan fingerprint density at radius 3 is 2.23 bits per heavy atom. The van der Waals surface area contributed by atoms with Crippen molar-refractivity contribution in [2.75, 3.05) is 49.1 Å². The van der Waals surface area contributed by atoms with Gasteiger partial charge in [-0.15, -0.1) is 0 Å². The van der Waals surface area contributed by atoms with Crippen LogP contribution >= 0.6 is 11.6 Å². The molecule has 1 aromatic rings. The van der Waals surface area contributed by atoms with Gasteiger partial charge in [0.25, 0.3) is 0 Å². The molecule has 4 rings (SSSR count). The Morgan fingerprint density at radius 1 is 1.08 bits per heavy atom. The maximum absolute atomic E-state index is 12.2. The first kappa shape index (κ1) is 17.6. The topological polar surface area (TPSA) is 61.8 Å². The van der Waals surface area contributed by atoms with E-state index in [1.165, 1.54) is 6.42 Å². The molecule has 1 amide bonds. The normalized spacial score (nSPS) is 25.3. The number of hydrogen-bond acceptors (Lipinski definition) is 6. The van der Waals surface area contributed by atoms with Gasteiger partial charge in [0, 0.05) is 45.3 Å². The molecule has 3 heterocycles. The molecule has 1 saturated carbocycles. The third kappa shape index (κ3) is 3.82. The highest BCUT2D eigenvalue weighted by Crippen LogP contribution is 2.46. The summed E-state index contributed by atoms with van der Waals surface area (Å²) in [5.74, 6) is 3.43. The number of piperidine rings is 1. The molecule has 8 heteroatoms. The van der Waals surface area contributed by atoms with E-state index in [9.17, 15) is 4.79 Å². The van der Waals surface area contributed by atoms with Gasteiger partial charge in [-0.25, -0.2) is 14.8 Å². The minimum atomic E-state index is -0.472. The van der Waals surface area contributed by atoms with Crippen LogP contribution in [0.3, 0.4) is 0 Å². The van der Waals surface area contributed by atoms with Gasteiger partial charge in [0.2, 0.25) is 5.28 Å². The van der Waals surface area contributed by atoms with Gasteiger partial charge in [-0.05, 0) is 50.6 Å². The summed E-state index contributed by atoms with van der Waals surface area (Å²) >= 11 is 6.19. The van der Waals surface area contributed by atoms with Gasteiger partial charge in [0.05, 0.1) is 0 Å². The van der Waals surface area contributed by atoms with Crippen molar-refractivity contribution in [3.05, 3.63) is 11.3 Å². The molecule has 2 atom stereocenters.